The number of oxime groups is 1. The molecule has 0 spiro atoms. The predicted molar refractivity (Wildman–Crippen MR) is 24.1 cm³/mol. The molecular weight excluding hydrogens is 94.0 g/mol. The lowest BCUT2D eigenvalue weighted by molar-refractivity contribution is 0.258. The van der Waals surface area contributed by atoms with Gasteiger partial charge < -0.3 is 9.94 Å². The third kappa shape index (κ3) is 0.899. The molecule has 1 fully saturated rings. The van der Waals surface area contributed by atoms with Crippen molar-refractivity contribution in [1.29, 1.82) is 0 Å². The Morgan fingerprint density at radius 1 is 1.86 bits per heavy atom. The Labute approximate surface area is 41.6 Å². The molecule has 39 valence electrons. The van der Waals surface area contributed by atoms with Gasteiger partial charge in [0, 0.05) is 6.42 Å². The largest absolute Gasteiger partial charge is 0.411 e. The first kappa shape index (κ1) is 4.59. The molecular formula is C4H6NO2. The van der Waals surface area contributed by atoms with Crippen LogP contribution in [0.2, 0.25) is 0 Å². The Morgan fingerprint density at radius 3 is 3.00 bits per heavy atom. The van der Waals surface area contributed by atoms with Gasteiger partial charge in [0.05, 0.1) is 12.3 Å². The van der Waals surface area contributed by atoms with Crippen molar-refractivity contribution in [3.63, 3.8) is 0 Å². The summed E-state index contributed by atoms with van der Waals surface area (Å²) in [6, 6.07) is 0. The molecule has 1 saturated heterocycles. The van der Waals surface area contributed by atoms with Crippen LogP contribution in [0.4, 0.5) is 0 Å². The highest BCUT2D eigenvalue weighted by atomic mass is 16.5. The maximum absolute atomic E-state index is 8.04. The van der Waals surface area contributed by atoms with Crippen molar-refractivity contribution in [2.24, 2.45) is 5.16 Å². The first-order valence-electron chi connectivity index (χ1n) is 2.09. The van der Waals surface area contributed by atoms with Gasteiger partial charge in [-0.25, -0.2) is 0 Å². The maximum Gasteiger partial charge on any atom is 0.131 e. The third-order valence-electron chi connectivity index (χ3n) is 0.824. The summed E-state index contributed by atoms with van der Waals surface area (Å²) in [7, 11) is 0. The van der Waals surface area contributed by atoms with Crippen LogP contribution in [-0.2, 0) is 4.74 Å². The summed E-state index contributed by atoms with van der Waals surface area (Å²) in [5.41, 5.74) is 0.625. The molecule has 0 saturated carbocycles. The summed E-state index contributed by atoms with van der Waals surface area (Å²) in [6.07, 6.45) is 0.733. The molecule has 1 heterocycles. The van der Waals surface area contributed by atoms with Gasteiger partial charge in [0.25, 0.3) is 0 Å². The molecule has 0 aromatic carbocycles. The molecule has 0 bridgehead atoms. The Balaban J connectivity index is 2.41. The van der Waals surface area contributed by atoms with E-state index in [-0.39, 0.29) is 0 Å². The molecule has 3 heteroatoms. The lowest BCUT2D eigenvalue weighted by Gasteiger charge is -1.79. The number of rotatable bonds is 0. The highest BCUT2D eigenvalue weighted by Crippen LogP contribution is 2.02. The summed E-state index contributed by atoms with van der Waals surface area (Å²) >= 11 is 0. The standard InChI is InChI=1S/C4H6NO2/c6-5-4-1-2-7-3-4/h3,6H,1-2H2. The fourth-order valence-corrected chi connectivity index (χ4v) is 0.451. The van der Waals surface area contributed by atoms with E-state index in [4.69, 9.17) is 9.94 Å². The van der Waals surface area contributed by atoms with Crippen LogP contribution in [0, 0.1) is 6.61 Å². The molecule has 0 aromatic rings. The van der Waals surface area contributed by atoms with E-state index < -0.39 is 0 Å². The van der Waals surface area contributed by atoms with Crippen molar-refractivity contribution in [2.75, 3.05) is 6.61 Å². The molecule has 7 heavy (non-hydrogen) atoms. The van der Waals surface area contributed by atoms with E-state index in [1.165, 1.54) is 6.61 Å². The van der Waals surface area contributed by atoms with Crippen LogP contribution >= 0.6 is 0 Å². The average Bonchev–Trinajstić information content (AvgIpc) is 2.14. The zero-order valence-corrected chi connectivity index (χ0v) is 3.79. The van der Waals surface area contributed by atoms with E-state index in [0.717, 1.165) is 6.42 Å². The normalized spacial score (nSPS) is 26.6. The second kappa shape index (κ2) is 1.93. The molecule has 1 N–H and O–H groups in total. The highest BCUT2D eigenvalue weighted by molar-refractivity contribution is 5.91. The molecule has 3 nitrogen and oxygen atoms in total. The second-order valence-corrected chi connectivity index (χ2v) is 1.33. The van der Waals surface area contributed by atoms with Gasteiger partial charge in [0.2, 0.25) is 0 Å². The van der Waals surface area contributed by atoms with Gasteiger partial charge in [-0.1, -0.05) is 5.16 Å². The van der Waals surface area contributed by atoms with Crippen molar-refractivity contribution < 1.29 is 9.94 Å². The fraction of sp³-hybridized carbons (Fsp3) is 0.500. The summed E-state index contributed by atoms with van der Waals surface area (Å²) < 4.78 is 4.73. The van der Waals surface area contributed by atoms with Crippen LogP contribution < -0.4 is 0 Å². The van der Waals surface area contributed by atoms with E-state index in [0.29, 0.717) is 12.3 Å². The first-order chi connectivity index (χ1) is 3.43. The molecule has 0 aromatic heterocycles. The van der Waals surface area contributed by atoms with Crippen LogP contribution in [0.5, 0.6) is 0 Å². The zero-order chi connectivity index (χ0) is 5.11. The molecule has 0 unspecified atom stereocenters. The van der Waals surface area contributed by atoms with Gasteiger partial charge in [-0.3, -0.25) is 0 Å². The quantitative estimate of drug-likeness (QED) is 0.353. The summed E-state index contributed by atoms with van der Waals surface area (Å²) in [5, 5.41) is 11.0. The van der Waals surface area contributed by atoms with E-state index in [2.05, 4.69) is 5.16 Å². The van der Waals surface area contributed by atoms with Crippen LogP contribution in [0.25, 0.3) is 0 Å². The van der Waals surface area contributed by atoms with Gasteiger partial charge in [-0.2, -0.15) is 0 Å². The minimum Gasteiger partial charge on any atom is -0.411 e. The molecule has 1 aliphatic rings. The van der Waals surface area contributed by atoms with Crippen molar-refractivity contribution in [2.45, 2.75) is 6.42 Å². The van der Waals surface area contributed by atoms with E-state index in [1.54, 1.807) is 0 Å². The third-order valence-corrected chi connectivity index (χ3v) is 0.824. The predicted octanol–water partition coefficient (Wildman–Crippen LogP) is 0.399. The highest BCUT2D eigenvalue weighted by Gasteiger charge is 2.08. The van der Waals surface area contributed by atoms with Crippen LogP contribution in [0.1, 0.15) is 6.42 Å². The Morgan fingerprint density at radius 2 is 2.71 bits per heavy atom. The van der Waals surface area contributed by atoms with E-state index >= 15 is 0 Å². The zero-order valence-electron chi connectivity index (χ0n) is 3.79. The molecule has 1 rings (SSSR count). The topological polar surface area (TPSA) is 41.8 Å². The summed E-state index contributed by atoms with van der Waals surface area (Å²) in [4.78, 5) is 0. The van der Waals surface area contributed by atoms with E-state index in [9.17, 15) is 0 Å². The number of hydrogen-bond acceptors (Lipinski definition) is 3. The van der Waals surface area contributed by atoms with Gasteiger partial charge in [-0.05, 0) is 0 Å². The van der Waals surface area contributed by atoms with E-state index in [1.807, 2.05) is 0 Å². The second-order valence-electron chi connectivity index (χ2n) is 1.33. The Kier molecular flexibility index (Phi) is 1.26. The van der Waals surface area contributed by atoms with Crippen LogP contribution in [-0.4, -0.2) is 17.5 Å². The fourth-order valence-electron chi connectivity index (χ4n) is 0.451. The summed E-state index contributed by atoms with van der Waals surface area (Å²) in [6.45, 7) is 2.11. The lowest BCUT2D eigenvalue weighted by atomic mass is 10.3. The molecule has 0 amide bonds. The lowest BCUT2D eigenvalue weighted by Crippen LogP contribution is -1.87. The average molecular weight is 100 g/mol. The van der Waals surface area contributed by atoms with Crippen molar-refractivity contribution in [3.8, 4) is 0 Å². The van der Waals surface area contributed by atoms with Crippen molar-refractivity contribution in [3.05, 3.63) is 6.61 Å². The SMILES string of the molecule is ON=C1[CH]OCC1. The number of ether oxygens (including phenoxy) is 1. The Bertz CT molecular complexity index is 81.7. The molecule has 0 aliphatic carbocycles. The Hall–Kier alpha value is -0.570. The smallest absolute Gasteiger partial charge is 0.131 e. The molecule has 1 radical (unpaired) electrons. The molecule has 0 atom stereocenters. The van der Waals surface area contributed by atoms with Crippen LogP contribution in [0.3, 0.4) is 0 Å². The van der Waals surface area contributed by atoms with Crippen molar-refractivity contribution in [1.82, 2.24) is 0 Å². The monoisotopic (exact) mass is 100 g/mol. The van der Waals surface area contributed by atoms with Gasteiger partial charge in [-0.15, -0.1) is 0 Å². The number of nitrogens with zero attached hydrogens (tertiary/aromatic N) is 1. The van der Waals surface area contributed by atoms with Gasteiger partial charge in [0.15, 0.2) is 0 Å². The summed E-state index contributed by atoms with van der Waals surface area (Å²) in [5.74, 6) is 0. The van der Waals surface area contributed by atoms with Crippen molar-refractivity contribution >= 4 is 5.71 Å². The minimum absolute atomic E-state index is 0.625. The van der Waals surface area contributed by atoms with Gasteiger partial charge >= 0.3 is 0 Å². The maximum atomic E-state index is 8.04. The first-order valence-corrected chi connectivity index (χ1v) is 2.09. The minimum atomic E-state index is 0.625. The number of hydrogen-bond donors (Lipinski definition) is 1. The molecule has 1 aliphatic heterocycles. The van der Waals surface area contributed by atoms with Gasteiger partial charge in [0.1, 0.15) is 6.61 Å². The van der Waals surface area contributed by atoms with Crippen LogP contribution in [0.15, 0.2) is 5.16 Å².